The van der Waals surface area contributed by atoms with Crippen LogP contribution < -0.4 is 0 Å². The molecular weight excluding hydrogens is 258 g/mol. The Morgan fingerprint density at radius 1 is 0.857 bits per heavy atom. The van der Waals surface area contributed by atoms with E-state index in [9.17, 15) is 5.11 Å². The van der Waals surface area contributed by atoms with Gasteiger partial charge in [0.2, 0.25) is 0 Å². The van der Waals surface area contributed by atoms with Gasteiger partial charge in [0.1, 0.15) is 12.3 Å². The van der Waals surface area contributed by atoms with Crippen molar-refractivity contribution in [2.75, 3.05) is 21.1 Å². The second kappa shape index (κ2) is 9.09. The lowest BCUT2D eigenvalue weighted by Gasteiger charge is -2.24. The van der Waals surface area contributed by atoms with Gasteiger partial charge in [-0.25, -0.2) is 0 Å². The monoisotopic (exact) mass is 292 g/mol. The fraction of sp³-hybridized carbons (Fsp3) is 0.684. The Morgan fingerprint density at radius 3 is 2.05 bits per heavy atom. The van der Waals surface area contributed by atoms with Crippen LogP contribution in [-0.4, -0.2) is 30.7 Å². The van der Waals surface area contributed by atoms with Crippen molar-refractivity contribution in [2.24, 2.45) is 0 Å². The van der Waals surface area contributed by atoms with Gasteiger partial charge in [0.25, 0.3) is 0 Å². The average molecular weight is 292 g/mol. The van der Waals surface area contributed by atoms with Gasteiger partial charge in [-0.3, -0.25) is 0 Å². The van der Waals surface area contributed by atoms with Gasteiger partial charge in [-0.15, -0.1) is 0 Å². The van der Waals surface area contributed by atoms with Crippen molar-refractivity contribution < 1.29 is 9.59 Å². The Morgan fingerprint density at radius 2 is 1.43 bits per heavy atom. The fourth-order valence-electron chi connectivity index (χ4n) is 2.76. The van der Waals surface area contributed by atoms with Gasteiger partial charge < -0.3 is 9.59 Å². The van der Waals surface area contributed by atoms with Crippen LogP contribution in [0.25, 0.3) is 0 Å². The van der Waals surface area contributed by atoms with E-state index in [1.54, 1.807) is 0 Å². The van der Waals surface area contributed by atoms with Gasteiger partial charge in [0, 0.05) is 5.56 Å². The molecule has 1 N–H and O–H groups in total. The summed E-state index contributed by atoms with van der Waals surface area (Å²) >= 11 is 0. The van der Waals surface area contributed by atoms with E-state index >= 15 is 0 Å². The molecule has 0 amide bonds. The highest BCUT2D eigenvalue weighted by atomic mass is 16.3. The van der Waals surface area contributed by atoms with Crippen molar-refractivity contribution in [3.8, 4) is 5.75 Å². The zero-order valence-corrected chi connectivity index (χ0v) is 14.5. The summed E-state index contributed by atoms with van der Waals surface area (Å²) in [5.41, 5.74) is 2.19. The third-order valence-electron chi connectivity index (χ3n) is 3.90. The highest BCUT2D eigenvalue weighted by Gasteiger charge is 2.14. The number of quaternary nitrogens is 1. The molecule has 0 radical (unpaired) electrons. The van der Waals surface area contributed by atoms with E-state index in [0.717, 1.165) is 28.6 Å². The van der Waals surface area contributed by atoms with E-state index in [1.165, 1.54) is 44.9 Å². The Kier molecular flexibility index (Phi) is 7.81. The quantitative estimate of drug-likeness (QED) is 0.481. The first-order chi connectivity index (χ1) is 9.94. The van der Waals surface area contributed by atoms with Gasteiger partial charge in [0.15, 0.2) is 0 Å². The minimum absolute atomic E-state index is 0.525. The molecule has 0 spiro atoms. The van der Waals surface area contributed by atoms with Crippen molar-refractivity contribution in [1.82, 2.24) is 0 Å². The predicted octanol–water partition coefficient (Wildman–Crippen LogP) is 4.89. The number of unbranched alkanes of at least 4 members (excludes halogenated alkanes) is 6. The highest BCUT2D eigenvalue weighted by Crippen LogP contribution is 2.26. The third kappa shape index (κ3) is 7.52. The first-order valence-corrected chi connectivity index (χ1v) is 8.54. The molecule has 0 heterocycles. The van der Waals surface area contributed by atoms with Crippen molar-refractivity contribution in [3.63, 3.8) is 0 Å². The lowest BCUT2D eigenvalue weighted by molar-refractivity contribution is -0.884. The Bertz CT molecular complexity index is 407. The second-order valence-corrected chi connectivity index (χ2v) is 7.24. The number of aromatic hydroxyl groups is 1. The summed E-state index contributed by atoms with van der Waals surface area (Å²) in [4.78, 5) is 0. The maximum atomic E-state index is 10.4. The molecule has 2 heteroatoms. The molecule has 0 aliphatic rings. The van der Waals surface area contributed by atoms with Crippen LogP contribution in [0.4, 0.5) is 0 Å². The van der Waals surface area contributed by atoms with Crippen LogP contribution in [0.2, 0.25) is 0 Å². The van der Waals surface area contributed by atoms with E-state index in [4.69, 9.17) is 0 Å². The molecule has 0 fully saturated rings. The maximum Gasteiger partial charge on any atom is 0.127 e. The Labute approximate surface area is 131 Å². The van der Waals surface area contributed by atoms with Crippen LogP contribution in [0.15, 0.2) is 18.2 Å². The van der Waals surface area contributed by atoms with Crippen LogP contribution in [0.3, 0.4) is 0 Å². The largest absolute Gasteiger partial charge is 0.507 e. The van der Waals surface area contributed by atoms with Crippen molar-refractivity contribution in [2.45, 2.75) is 64.8 Å². The van der Waals surface area contributed by atoms with E-state index in [0.29, 0.717) is 5.75 Å². The van der Waals surface area contributed by atoms with Gasteiger partial charge in [-0.1, -0.05) is 57.6 Å². The zero-order valence-electron chi connectivity index (χ0n) is 14.5. The topological polar surface area (TPSA) is 20.2 Å². The van der Waals surface area contributed by atoms with E-state index in [1.807, 2.05) is 6.07 Å². The first-order valence-electron chi connectivity index (χ1n) is 8.54. The standard InChI is InChI=1S/C19H33NO/c1-5-6-7-8-9-10-11-13-17-14-12-15-18(19(17)21)16-20(2,3)4/h12,14-15H,5-11,13,16H2,1-4H3/p+1. The fourth-order valence-corrected chi connectivity index (χ4v) is 2.76. The van der Waals surface area contributed by atoms with Gasteiger partial charge in [0.05, 0.1) is 21.1 Å². The number of aryl methyl sites for hydroxylation is 1. The van der Waals surface area contributed by atoms with Crippen molar-refractivity contribution in [1.29, 1.82) is 0 Å². The molecule has 0 aliphatic carbocycles. The van der Waals surface area contributed by atoms with Crippen LogP contribution in [0.1, 0.15) is 63.0 Å². The molecule has 1 aromatic rings. The minimum Gasteiger partial charge on any atom is -0.507 e. The zero-order chi connectivity index (χ0) is 15.7. The maximum absolute atomic E-state index is 10.4. The van der Waals surface area contributed by atoms with Crippen LogP contribution in [-0.2, 0) is 13.0 Å². The predicted molar refractivity (Wildman–Crippen MR) is 91.5 cm³/mol. The summed E-state index contributed by atoms with van der Waals surface area (Å²) in [5, 5.41) is 10.4. The summed E-state index contributed by atoms with van der Waals surface area (Å²) in [7, 11) is 6.47. The average Bonchev–Trinajstić information content (AvgIpc) is 2.40. The van der Waals surface area contributed by atoms with Crippen LogP contribution >= 0.6 is 0 Å². The number of hydrogen-bond acceptors (Lipinski definition) is 1. The molecule has 1 rings (SSSR count). The number of hydrogen-bond donors (Lipinski definition) is 1. The summed E-state index contributed by atoms with van der Waals surface area (Å²) in [6, 6.07) is 6.21. The SMILES string of the molecule is CCCCCCCCCc1cccc(C[N+](C)(C)C)c1O. The molecule has 0 aromatic heterocycles. The summed E-state index contributed by atoms with van der Waals surface area (Å²) in [6.07, 6.45) is 10.2. The number of para-hydroxylation sites is 1. The van der Waals surface area contributed by atoms with Gasteiger partial charge in [-0.05, 0) is 24.5 Å². The molecule has 120 valence electrons. The van der Waals surface area contributed by atoms with Crippen molar-refractivity contribution >= 4 is 0 Å². The normalized spacial score (nSPS) is 11.8. The molecule has 0 bridgehead atoms. The summed E-state index contributed by atoms with van der Waals surface area (Å²) in [6.45, 7) is 3.13. The molecule has 0 saturated heterocycles. The summed E-state index contributed by atoms with van der Waals surface area (Å²) in [5.74, 6) is 0.525. The number of benzene rings is 1. The molecule has 2 nitrogen and oxygen atoms in total. The highest BCUT2D eigenvalue weighted by molar-refractivity contribution is 5.40. The Hall–Kier alpha value is -1.02. The number of phenolic OH excluding ortho intramolecular Hbond substituents is 1. The third-order valence-corrected chi connectivity index (χ3v) is 3.90. The van der Waals surface area contributed by atoms with Crippen LogP contribution in [0.5, 0.6) is 5.75 Å². The molecule has 21 heavy (non-hydrogen) atoms. The number of nitrogens with zero attached hydrogens (tertiary/aromatic N) is 1. The molecule has 0 atom stereocenters. The molecular formula is C19H34NO+. The van der Waals surface area contributed by atoms with E-state index < -0.39 is 0 Å². The van der Waals surface area contributed by atoms with Gasteiger partial charge in [-0.2, -0.15) is 0 Å². The number of rotatable bonds is 10. The molecule has 0 saturated carbocycles. The second-order valence-electron chi connectivity index (χ2n) is 7.24. The summed E-state index contributed by atoms with van der Waals surface area (Å²) < 4.78 is 0.842. The molecule has 1 aromatic carbocycles. The molecule has 0 aliphatic heterocycles. The first kappa shape index (κ1) is 18.0. The van der Waals surface area contributed by atoms with E-state index in [2.05, 4.69) is 40.2 Å². The Balaban J connectivity index is 2.40. The van der Waals surface area contributed by atoms with Crippen LogP contribution in [0, 0.1) is 0 Å². The molecule has 0 unspecified atom stereocenters. The number of phenols is 1. The lowest BCUT2D eigenvalue weighted by atomic mass is 10.0. The minimum atomic E-state index is 0.525. The smallest absolute Gasteiger partial charge is 0.127 e. The van der Waals surface area contributed by atoms with Crippen molar-refractivity contribution in [3.05, 3.63) is 29.3 Å². The van der Waals surface area contributed by atoms with E-state index in [-0.39, 0.29) is 0 Å². The lowest BCUT2D eigenvalue weighted by Crippen LogP contribution is -2.33. The van der Waals surface area contributed by atoms with Gasteiger partial charge >= 0.3 is 0 Å².